The summed E-state index contributed by atoms with van der Waals surface area (Å²) in [5, 5.41) is 9.68. The quantitative estimate of drug-likeness (QED) is 0.325. The van der Waals surface area contributed by atoms with Crippen LogP contribution >= 0.6 is 0 Å². The molecule has 50 valence electrons. The van der Waals surface area contributed by atoms with Crippen LogP contribution in [0.25, 0.3) is 0 Å². The summed E-state index contributed by atoms with van der Waals surface area (Å²) in [4.78, 5) is 10.1. The molecule has 0 atom stereocenters. The van der Waals surface area contributed by atoms with Gasteiger partial charge in [-0.25, -0.2) is 0 Å². The molecule has 0 radical (unpaired) electrons. The molecule has 0 unspecified atom stereocenters. The van der Waals surface area contributed by atoms with Crippen molar-refractivity contribution >= 4 is 12.0 Å². The molecule has 0 bridgehead atoms. The third kappa shape index (κ3) is 2.64. The highest BCUT2D eigenvalue weighted by molar-refractivity contribution is 6.11. The fourth-order valence-corrected chi connectivity index (χ4v) is 0.386. The number of allylic oxidation sites excluding steroid dienone is 1. The Morgan fingerprint density at radius 3 is 2.33 bits per heavy atom. The van der Waals surface area contributed by atoms with Crippen LogP contribution in [-0.2, 0) is 4.79 Å². The van der Waals surface area contributed by atoms with Crippen molar-refractivity contribution in [1.82, 2.24) is 5.32 Å². The van der Waals surface area contributed by atoms with E-state index in [1.165, 1.54) is 6.20 Å². The fraction of sp³-hybridized carbons (Fsp3) is 0.333. The zero-order chi connectivity index (χ0) is 7.28. The molecule has 0 rings (SSSR count). The Morgan fingerprint density at radius 2 is 2.22 bits per heavy atom. The van der Waals surface area contributed by atoms with Gasteiger partial charge >= 0.3 is 0 Å². The molecule has 0 fully saturated rings. The second kappa shape index (κ2) is 3.83. The second-order valence-corrected chi connectivity index (χ2v) is 1.63. The third-order valence-corrected chi connectivity index (χ3v) is 0.860. The van der Waals surface area contributed by atoms with Gasteiger partial charge in [-0.3, -0.25) is 4.79 Å². The maximum absolute atomic E-state index is 10.1. The number of carbonyl (C=O) groups excluding carboxylic acids is 1. The van der Waals surface area contributed by atoms with Crippen molar-refractivity contribution in [2.45, 2.75) is 6.92 Å². The summed E-state index contributed by atoms with van der Waals surface area (Å²) in [6.45, 7) is 1.57. The van der Waals surface area contributed by atoms with Gasteiger partial charge in [0.05, 0.1) is 5.57 Å². The first-order chi connectivity index (χ1) is 4.22. The summed E-state index contributed by atoms with van der Waals surface area (Å²) < 4.78 is 0. The lowest BCUT2D eigenvalue weighted by molar-refractivity contribution is -0.104. The predicted molar refractivity (Wildman–Crippen MR) is 36.6 cm³/mol. The molecule has 0 saturated heterocycles. The molecule has 0 saturated carbocycles. The van der Waals surface area contributed by atoms with Gasteiger partial charge in [-0.05, 0) is 6.92 Å². The molecule has 0 aromatic rings. The molecule has 2 N–H and O–H groups in total. The van der Waals surface area contributed by atoms with Gasteiger partial charge in [-0.1, -0.05) is 0 Å². The molecule has 9 heavy (non-hydrogen) atoms. The van der Waals surface area contributed by atoms with E-state index in [1.807, 2.05) is 0 Å². The number of rotatable bonds is 3. The highest BCUT2D eigenvalue weighted by Gasteiger charge is 1.93. The Balaban J connectivity index is 4.14. The van der Waals surface area contributed by atoms with Crippen molar-refractivity contribution in [3.63, 3.8) is 0 Å². The van der Waals surface area contributed by atoms with Crippen molar-refractivity contribution in [3.05, 3.63) is 11.8 Å². The Bertz CT molecular complexity index is 149. The monoisotopic (exact) mass is 126 g/mol. The Hall–Kier alpha value is -1.12. The predicted octanol–water partition coefficient (Wildman–Crippen LogP) is 0.328. The van der Waals surface area contributed by atoms with Crippen molar-refractivity contribution in [3.8, 4) is 0 Å². The van der Waals surface area contributed by atoms with Crippen molar-refractivity contribution in [1.29, 1.82) is 5.41 Å². The molecule has 0 heterocycles. The lowest BCUT2D eigenvalue weighted by Gasteiger charge is -1.92. The minimum atomic E-state index is 0.277. The van der Waals surface area contributed by atoms with E-state index < -0.39 is 0 Å². The number of hydrogen-bond acceptors (Lipinski definition) is 3. The molecule has 0 aromatic heterocycles. The first-order valence-corrected chi connectivity index (χ1v) is 2.60. The van der Waals surface area contributed by atoms with Gasteiger partial charge in [0.25, 0.3) is 0 Å². The van der Waals surface area contributed by atoms with Crippen molar-refractivity contribution < 1.29 is 4.79 Å². The highest BCUT2D eigenvalue weighted by atomic mass is 16.1. The van der Waals surface area contributed by atoms with E-state index in [0.29, 0.717) is 11.9 Å². The summed E-state index contributed by atoms with van der Waals surface area (Å²) in [6.07, 6.45) is 2.15. The summed E-state index contributed by atoms with van der Waals surface area (Å²) in [5.74, 6) is 0. The van der Waals surface area contributed by atoms with Crippen LogP contribution < -0.4 is 5.32 Å². The van der Waals surface area contributed by atoms with Crippen LogP contribution in [-0.4, -0.2) is 19.0 Å². The smallest absolute Gasteiger partial charge is 0.153 e. The number of hydrogen-bond donors (Lipinski definition) is 2. The molecule has 0 aromatic carbocycles. The van der Waals surface area contributed by atoms with Crippen LogP contribution in [0.3, 0.4) is 0 Å². The zero-order valence-electron chi connectivity index (χ0n) is 5.56. The maximum atomic E-state index is 10.1. The van der Waals surface area contributed by atoms with Gasteiger partial charge in [0.1, 0.15) is 0 Å². The molecule has 0 amide bonds. The van der Waals surface area contributed by atoms with Crippen molar-refractivity contribution in [2.24, 2.45) is 0 Å². The standard InChI is InChI=1S/C6H10N2O/c1-5(7)6(4-9)3-8-2/h3-4,7-8H,1-2H3/b6-3-,7-5?. The van der Waals surface area contributed by atoms with Crippen LogP contribution in [0, 0.1) is 5.41 Å². The van der Waals surface area contributed by atoms with Crippen LogP contribution in [0.4, 0.5) is 0 Å². The number of carbonyl (C=O) groups is 1. The van der Waals surface area contributed by atoms with Gasteiger partial charge in [0.2, 0.25) is 0 Å². The lowest BCUT2D eigenvalue weighted by Crippen LogP contribution is -2.03. The maximum Gasteiger partial charge on any atom is 0.153 e. The zero-order valence-corrected chi connectivity index (χ0v) is 5.56. The first-order valence-electron chi connectivity index (χ1n) is 2.60. The van der Waals surface area contributed by atoms with Crippen LogP contribution in [0.2, 0.25) is 0 Å². The second-order valence-electron chi connectivity index (χ2n) is 1.63. The summed E-state index contributed by atoms with van der Waals surface area (Å²) >= 11 is 0. The summed E-state index contributed by atoms with van der Waals surface area (Å²) in [6, 6.07) is 0. The first kappa shape index (κ1) is 7.88. The van der Waals surface area contributed by atoms with Gasteiger partial charge in [-0.2, -0.15) is 0 Å². The Morgan fingerprint density at radius 1 is 1.67 bits per heavy atom. The molecular formula is C6H10N2O. The molecule has 0 aliphatic carbocycles. The average molecular weight is 126 g/mol. The SMILES string of the molecule is CN/C=C(/C=O)C(C)=N. The minimum Gasteiger partial charge on any atom is -0.393 e. The summed E-state index contributed by atoms with van der Waals surface area (Å²) in [7, 11) is 1.69. The van der Waals surface area contributed by atoms with Gasteiger partial charge in [0, 0.05) is 19.0 Å². The molecule has 0 spiro atoms. The Kier molecular flexibility index (Phi) is 3.35. The van der Waals surface area contributed by atoms with E-state index in [4.69, 9.17) is 5.41 Å². The lowest BCUT2D eigenvalue weighted by atomic mass is 10.2. The highest BCUT2D eigenvalue weighted by Crippen LogP contribution is 1.87. The van der Waals surface area contributed by atoms with E-state index in [2.05, 4.69) is 5.32 Å². The molecule has 3 nitrogen and oxygen atoms in total. The van der Waals surface area contributed by atoms with Crippen LogP contribution in [0.5, 0.6) is 0 Å². The van der Waals surface area contributed by atoms with Gasteiger partial charge < -0.3 is 10.7 Å². The largest absolute Gasteiger partial charge is 0.393 e. The van der Waals surface area contributed by atoms with E-state index in [9.17, 15) is 4.79 Å². The van der Waals surface area contributed by atoms with Crippen LogP contribution in [0.1, 0.15) is 6.92 Å². The van der Waals surface area contributed by atoms with E-state index in [1.54, 1.807) is 14.0 Å². The fourth-order valence-electron chi connectivity index (χ4n) is 0.386. The topological polar surface area (TPSA) is 53.0 Å². The normalized spacial score (nSPS) is 10.7. The minimum absolute atomic E-state index is 0.277. The Labute approximate surface area is 54.3 Å². The molecule has 3 heteroatoms. The van der Waals surface area contributed by atoms with Gasteiger partial charge in [0.15, 0.2) is 6.29 Å². The average Bonchev–Trinajstić information content (AvgIpc) is 1.82. The van der Waals surface area contributed by atoms with E-state index in [0.717, 1.165) is 0 Å². The molecular weight excluding hydrogens is 116 g/mol. The summed E-state index contributed by atoms with van der Waals surface area (Å²) in [5.41, 5.74) is 0.664. The number of nitrogens with one attached hydrogen (secondary N) is 2. The van der Waals surface area contributed by atoms with E-state index >= 15 is 0 Å². The van der Waals surface area contributed by atoms with Crippen LogP contribution in [0.15, 0.2) is 11.8 Å². The van der Waals surface area contributed by atoms with Gasteiger partial charge in [-0.15, -0.1) is 0 Å². The molecule has 0 aliphatic heterocycles. The third-order valence-electron chi connectivity index (χ3n) is 0.860. The van der Waals surface area contributed by atoms with E-state index in [-0.39, 0.29) is 5.71 Å². The van der Waals surface area contributed by atoms with Crippen molar-refractivity contribution in [2.75, 3.05) is 7.05 Å². The molecule has 0 aliphatic rings. The number of aldehydes is 1.